The molecule has 1 aromatic rings. The van der Waals surface area contributed by atoms with E-state index in [1.54, 1.807) is 0 Å². The summed E-state index contributed by atoms with van der Waals surface area (Å²) in [5, 5.41) is 9.35. The molecule has 2 amide bonds. The van der Waals surface area contributed by atoms with Crippen LogP contribution in [0.5, 0.6) is 0 Å². The van der Waals surface area contributed by atoms with Crippen LogP contribution in [0.4, 0.5) is 14.9 Å². The maximum Gasteiger partial charge on any atom is 0.324 e. The number of benzene rings is 1. The van der Waals surface area contributed by atoms with E-state index in [4.69, 9.17) is 11.6 Å². The number of carbonyl (C=O) groups excluding carboxylic acids is 1. The van der Waals surface area contributed by atoms with Gasteiger partial charge >= 0.3 is 6.03 Å². The normalized spacial score (nSPS) is 25.7. The van der Waals surface area contributed by atoms with Crippen LogP contribution in [0.2, 0.25) is 5.02 Å². The molecule has 0 bridgehead atoms. The Morgan fingerprint density at radius 2 is 2.12 bits per heavy atom. The summed E-state index contributed by atoms with van der Waals surface area (Å²) in [6.45, 7) is 5.24. The molecule has 6 nitrogen and oxygen atoms in total. The van der Waals surface area contributed by atoms with Gasteiger partial charge in [-0.25, -0.2) is 14.1 Å². The first-order chi connectivity index (χ1) is 12.2. The van der Waals surface area contributed by atoms with Crippen LogP contribution in [0.25, 0.3) is 0 Å². The maximum atomic E-state index is 13.3. The van der Waals surface area contributed by atoms with E-state index < -0.39 is 5.82 Å². The Bertz CT molecular complexity index is 642. The van der Waals surface area contributed by atoms with Crippen molar-refractivity contribution in [3.05, 3.63) is 29.0 Å². The number of hydrogen-bond acceptors (Lipinski definition) is 3. The van der Waals surface area contributed by atoms with E-state index in [0.717, 1.165) is 19.4 Å². The summed E-state index contributed by atoms with van der Waals surface area (Å²) in [5.41, 5.74) is 0.450. The monoisotopic (exact) mass is 386 g/mol. The minimum Gasteiger partial charge on any atom is -0.308 e. The molecular formula is C18H30ClFN5O+. The van der Waals surface area contributed by atoms with Gasteiger partial charge in [0.25, 0.3) is 0 Å². The molecule has 26 heavy (non-hydrogen) atoms. The molecule has 1 aliphatic rings. The van der Waals surface area contributed by atoms with Crippen molar-refractivity contribution in [2.75, 3.05) is 33.0 Å². The smallest absolute Gasteiger partial charge is 0.308 e. The van der Waals surface area contributed by atoms with E-state index in [9.17, 15) is 9.18 Å². The van der Waals surface area contributed by atoms with Crippen LogP contribution in [0.1, 0.15) is 26.7 Å². The number of nitrogens with zero attached hydrogens (tertiary/aromatic N) is 2. The van der Waals surface area contributed by atoms with Crippen molar-refractivity contribution in [2.24, 2.45) is 0 Å². The third-order valence-electron chi connectivity index (χ3n) is 5.15. The first-order valence-corrected chi connectivity index (χ1v) is 9.35. The molecule has 0 aromatic heterocycles. The zero-order valence-electron chi connectivity index (χ0n) is 16.1. The van der Waals surface area contributed by atoms with E-state index in [1.165, 1.54) is 18.2 Å². The van der Waals surface area contributed by atoms with E-state index in [1.807, 2.05) is 7.05 Å². The average molecular weight is 387 g/mol. The number of hydrogen-bond donors (Lipinski definition) is 3. The highest BCUT2D eigenvalue weighted by Crippen LogP contribution is 2.26. The summed E-state index contributed by atoms with van der Waals surface area (Å²) < 4.78 is 13.9. The number of amides is 2. The van der Waals surface area contributed by atoms with Crippen LogP contribution in [-0.2, 0) is 0 Å². The third kappa shape index (κ3) is 4.65. The minimum absolute atomic E-state index is 0.0221. The molecule has 146 valence electrons. The molecular weight excluding hydrogens is 357 g/mol. The number of quaternary nitrogens is 1. The second-order valence-corrected chi connectivity index (χ2v) is 7.86. The van der Waals surface area contributed by atoms with Crippen molar-refractivity contribution < 1.29 is 13.7 Å². The van der Waals surface area contributed by atoms with Crippen LogP contribution in [0.15, 0.2) is 18.2 Å². The van der Waals surface area contributed by atoms with Crippen LogP contribution < -0.4 is 16.0 Å². The molecule has 1 aromatic carbocycles. The van der Waals surface area contributed by atoms with Gasteiger partial charge in [0, 0.05) is 24.7 Å². The van der Waals surface area contributed by atoms with Gasteiger partial charge in [-0.1, -0.05) is 18.5 Å². The fraction of sp³-hybridized carbons (Fsp3) is 0.611. The van der Waals surface area contributed by atoms with Crippen LogP contribution in [-0.4, -0.2) is 61.6 Å². The lowest BCUT2D eigenvalue weighted by molar-refractivity contribution is -0.962. The summed E-state index contributed by atoms with van der Waals surface area (Å²) in [4.78, 5) is 14.7. The van der Waals surface area contributed by atoms with Gasteiger partial charge in [-0.2, -0.15) is 0 Å². The highest BCUT2D eigenvalue weighted by molar-refractivity contribution is 6.31. The number of urea groups is 1. The van der Waals surface area contributed by atoms with Crippen molar-refractivity contribution in [1.29, 1.82) is 0 Å². The van der Waals surface area contributed by atoms with Crippen molar-refractivity contribution in [3.63, 3.8) is 0 Å². The first-order valence-electron chi connectivity index (χ1n) is 8.98. The number of nitrogens with one attached hydrogen (secondary N) is 3. The maximum absolute atomic E-state index is 13.3. The SMILES string of the molecule is CCCNC1CC(C)N(C)C(NC(=O)Nc2ccc(F)c(Cl)c2)[N+]1(C)C. The molecule has 0 radical (unpaired) electrons. The Balaban J connectivity index is 2.10. The van der Waals surface area contributed by atoms with Gasteiger partial charge in [-0.05, 0) is 38.6 Å². The standard InChI is InChI=1S/C18H29ClFN5O/c1-6-9-21-16-10-12(2)24(3)18(25(16,4)5)23-17(26)22-13-7-8-15(20)14(19)11-13/h7-8,11-12,16,18,21H,6,9-10H2,1-5H3,(H-,22,23,26)/p+1. The molecule has 3 N–H and O–H groups in total. The summed E-state index contributed by atoms with van der Waals surface area (Å²) in [5.74, 6) is -0.513. The molecule has 3 unspecified atom stereocenters. The van der Waals surface area contributed by atoms with Gasteiger partial charge in [0.15, 0.2) is 0 Å². The second-order valence-electron chi connectivity index (χ2n) is 7.45. The molecule has 1 fully saturated rings. The highest BCUT2D eigenvalue weighted by atomic mass is 35.5. The predicted octanol–water partition coefficient (Wildman–Crippen LogP) is 3.01. The van der Waals surface area contributed by atoms with Crippen molar-refractivity contribution in [1.82, 2.24) is 15.5 Å². The molecule has 8 heteroatoms. The Hall–Kier alpha value is -1.41. The summed E-state index contributed by atoms with van der Waals surface area (Å²) >= 11 is 5.78. The van der Waals surface area contributed by atoms with E-state index >= 15 is 0 Å². The lowest BCUT2D eigenvalue weighted by Gasteiger charge is -2.53. The van der Waals surface area contributed by atoms with Gasteiger partial charge < -0.3 is 5.32 Å². The van der Waals surface area contributed by atoms with E-state index in [-0.39, 0.29) is 23.5 Å². The molecule has 1 saturated heterocycles. The summed E-state index contributed by atoms with van der Waals surface area (Å²) in [7, 11) is 6.23. The van der Waals surface area contributed by atoms with Gasteiger partial charge in [0.2, 0.25) is 6.29 Å². The quantitative estimate of drug-likeness (QED) is 0.682. The number of carbonyl (C=O) groups is 1. The van der Waals surface area contributed by atoms with Crippen molar-refractivity contribution in [3.8, 4) is 0 Å². The fourth-order valence-electron chi connectivity index (χ4n) is 3.40. The average Bonchev–Trinajstić information content (AvgIpc) is 2.57. The van der Waals surface area contributed by atoms with Crippen LogP contribution in [0, 0.1) is 5.82 Å². The van der Waals surface area contributed by atoms with Crippen LogP contribution in [0.3, 0.4) is 0 Å². The Kier molecular flexibility index (Phi) is 6.85. The number of halogens is 2. The minimum atomic E-state index is -0.513. The lowest BCUT2D eigenvalue weighted by atomic mass is 10.1. The van der Waals surface area contributed by atoms with Gasteiger partial charge in [-0.15, -0.1) is 0 Å². The topological polar surface area (TPSA) is 56.4 Å². The highest BCUT2D eigenvalue weighted by Gasteiger charge is 2.46. The number of anilines is 1. The van der Waals surface area contributed by atoms with Gasteiger partial charge in [0.1, 0.15) is 12.0 Å². The molecule has 1 heterocycles. The van der Waals surface area contributed by atoms with E-state index in [0.29, 0.717) is 16.2 Å². The molecule has 0 saturated carbocycles. The van der Waals surface area contributed by atoms with Gasteiger partial charge in [0.05, 0.1) is 19.1 Å². The Labute approximate surface area is 160 Å². The fourth-order valence-corrected chi connectivity index (χ4v) is 3.58. The van der Waals surface area contributed by atoms with Gasteiger partial charge in [-0.3, -0.25) is 15.1 Å². The van der Waals surface area contributed by atoms with E-state index in [2.05, 4.69) is 48.8 Å². The van der Waals surface area contributed by atoms with Crippen molar-refractivity contribution >= 4 is 23.3 Å². The Morgan fingerprint density at radius 3 is 2.73 bits per heavy atom. The molecule has 3 atom stereocenters. The summed E-state index contributed by atoms with van der Waals surface area (Å²) in [6.07, 6.45) is 2.09. The molecule has 1 aliphatic heterocycles. The zero-order chi connectivity index (χ0) is 19.5. The second kappa shape index (κ2) is 8.52. The number of rotatable bonds is 5. The largest absolute Gasteiger partial charge is 0.324 e. The predicted molar refractivity (Wildman–Crippen MR) is 103 cm³/mol. The first kappa shape index (κ1) is 20.9. The molecule has 2 rings (SSSR count). The van der Waals surface area contributed by atoms with Crippen LogP contribution >= 0.6 is 11.6 Å². The zero-order valence-corrected chi connectivity index (χ0v) is 16.9. The lowest BCUT2D eigenvalue weighted by Crippen LogP contribution is -2.76. The molecule has 0 spiro atoms. The van der Waals surface area contributed by atoms with Crippen molar-refractivity contribution in [2.45, 2.75) is 45.2 Å². The molecule has 0 aliphatic carbocycles. The Morgan fingerprint density at radius 1 is 1.42 bits per heavy atom. The summed E-state index contributed by atoms with van der Waals surface area (Å²) in [6, 6.07) is 4.09. The third-order valence-corrected chi connectivity index (χ3v) is 5.44.